The Bertz CT molecular complexity index is 1090. The number of nitrogens with zero attached hydrogens (tertiary/aromatic N) is 3. The van der Waals surface area contributed by atoms with Crippen LogP contribution in [0.15, 0.2) is 42.5 Å². The summed E-state index contributed by atoms with van der Waals surface area (Å²) in [6.07, 6.45) is 0.411. The first-order valence-corrected chi connectivity index (χ1v) is 12.4. The normalized spacial score (nSPS) is 21.5. The molecule has 2 amide bonds. The van der Waals surface area contributed by atoms with E-state index in [1.54, 1.807) is 23.1 Å². The zero-order valence-electron chi connectivity index (χ0n) is 19.9. The van der Waals surface area contributed by atoms with E-state index in [2.05, 4.69) is 23.1 Å². The Balaban J connectivity index is 1.22. The lowest BCUT2D eigenvalue weighted by Crippen LogP contribution is -2.44. The third-order valence-electron chi connectivity index (χ3n) is 7.13. The van der Waals surface area contributed by atoms with Crippen LogP contribution in [0.25, 0.3) is 0 Å². The maximum absolute atomic E-state index is 13.8. The first-order valence-electron chi connectivity index (χ1n) is 12.4. The summed E-state index contributed by atoms with van der Waals surface area (Å²) in [5, 5.41) is 10.8. The van der Waals surface area contributed by atoms with E-state index in [9.17, 15) is 19.1 Å². The van der Waals surface area contributed by atoms with Crippen LogP contribution in [0, 0.1) is 0 Å². The fourth-order valence-electron chi connectivity index (χ4n) is 5.28. The van der Waals surface area contributed by atoms with Crippen molar-refractivity contribution in [1.29, 1.82) is 0 Å². The van der Waals surface area contributed by atoms with E-state index < -0.39 is 12.3 Å². The predicted molar refractivity (Wildman–Crippen MR) is 129 cm³/mol. The summed E-state index contributed by atoms with van der Waals surface area (Å²) in [5.74, 6) is -0.105. The Morgan fingerprint density at radius 3 is 2.77 bits per heavy atom. The van der Waals surface area contributed by atoms with Gasteiger partial charge in [0.2, 0.25) is 0 Å². The third-order valence-corrected chi connectivity index (χ3v) is 7.13. The molecule has 0 aliphatic carbocycles. The highest BCUT2D eigenvalue weighted by Gasteiger charge is 2.29. The van der Waals surface area contributed by atoms with Crippen LogP contribution in [0.5, 0.6) is 5.75 Å². The first-order chi connectivity index (χ1) is 17.0. The number of aliphatic hydroxyl groups excluding tert-OH is 1. The molecule has 186 valence electrons. The van der Waals surface area contributed by atoms with Gasteiger partial charge in [-0.2, -0.15) is 0 Å². The number of aliphatic hydroxyl groups is 1. The van der Waals surface area contributed by atoms with Crippen molar-refractivity contribution in [1.82, 2.24) is 14.7 Å². The molecule has 0 saturated carbocycles. The van der Waals surface area contributed by atoms with Gasteiger partial charge < -0.3 is 19.6 Å². The number of ether oxygens (including phenoxy) is 1. The lowest BCUT2D eigenvalue weighted by Gasteiger charge is -2.32. The van der Waals surface area contributed by atoms with Gasteiger partial charge in [0.1, 0.15) is 18.5 Å². The minimum Gasteiger partial charge on any atom is -0.491 e. The maximum Gasteiger partial charge on any atom is 0.257 e. The van der Waals surface area contributed by atoms with Crippen molar-refractivity contribution in [3.05, 3.63) is 64.7 Å². The topological polar surface area (TPSA) is 73.3 Å². The molecule has 0 radical (unpaired) electrons. The number of hydrogen-bond donors (Lipinski definition) is 1. The van der Waals surface area contributed by atoms with Gasteiger partial charge in [0.15, 0.2) is 0 Å². The lowest BCUT2D eigenvalue weighted by molar-refractivity contribution is 0.0501. The maximum atomic E-state index is 13.8. The molecular weight excluding hydrogens is 449 g/mol. The molecule has 0 spiro atoms. The van der Waals surface area contributed by atoms with E-state index in [4.69, 9.17) is 4.74 Å². The molecular formula is C27H32FN3O4. The van der Waals surface area contributed by atoms with Crippen molar-refractivity contribution in [3.8, 4) is 5.75 Å². The van der Waals surface area contributed by atoms with E-state index in [1.165, 1.54) is 16.0 Å². The van der Waals surface area contributed by atoms with Crippen molar-refractivity contribution in [2.24, 2.45) is 0 Å². The number of likely N-dealkylation sites (tertiary alicyclic amines) is 1. The SMILES string of the molecule is O=C(c1ccc2c(c1)OCCN(CC(O)CN1CCc3ccccc3C1)C2=O)N1CCCC(F)C1. The average molecular weight is 482 g/mol. The van der Waals surface area contributed by atoms with Crippen LogP contribution in [0.1, 0.15) is 44.7 Å². The predicted octanol–water partition coefficient (Wildman–Crippen LogP) is 2.51. The van der Waals surface area contributed by atoms with E-state index >= 15 is 0 Å². The van der Waals surface area contributed by atoms with Crippen molar-refractivity contribution in [2.75, 3.05) is 45.9 Å². The first kappa shape index (κ1) is 23.8. The summed E-state index contributed by atoms with van der Waals surface area (Å²) in [7, 11) is 0. The summed E-state index contributed by atoms with van der Waals surface area (Å²) < 4.78 is 19.6. The van der Waals surface area contributed by atoms with Crippen LogP contribution in [0.2, 0.25) is 0 Å². The molecule has 2 unspecified atom stereocenters. The smallest absolute Gasteiger partial charge is 0.257 e. The zero-order valence-corrected chi connectivity index (χ0v) is 19.9. The van der Waals surface area contributed by atoms with Crippen molar-refractivity contribution in [2.45, 2.75) is 38.1 Å². The van der Waals surface area contributed by atoms with Gasteiger partial charge in [-0.25, -0.2) is 4.39 Å². The molecule has 7 nitrogen and oxygen atoms in total. The Morgan fingerprint density at radius 2 is 1.94 bits per heavy atom. The zero-order chi connectivity index (χ0) is 24.4. The fourth-order valence-corrected chi connectivity index (χ4v) is 5.28. The van der Waals surface area contributed by atoms with Crippen LogP contribution < -0.4 is 4.74 Å². The van der Waals surface area contributed by atoms with E-state index in [-0.39, 0.29) is 31.5 Å². The molecule has 2 aromatic rings. The number of carbonyl (C=O) groups is 2. The van der Waals surface area contributed by atoms with Gasteiger partial charge in [-0.05, 0) is 48.6 Å². The van der Waals surface area contributed by atoms with Gasteiger partial charge in [0.05, 0.1) is 24.8 Å². The van der Waals surface area contributed by atoms with E-state index in [1.807, 2.05) is 6.07 Å². The average Bonchev–Trinajstić information content (AvgIpc) is 3.01. The minimum atomic E-state index is -0.994. The molecule has 0 bridgehead atoms. The standard InChI is InChI=1S/C27H32FN3O4/c28-22-6-3-10-30(16-22)26(33)20-7-8-24-25(14-20)35-13-12-31(27(24)34)18-23(32)17-29-11-9-19-4-1-2-5-21(19)15-29/h1-2,4-5,7-8,14,22-23,32H,3,6,9-13,15-18H2. The molecule has 0 aromatic heterocycles. The summed E-state index contributed by atoms with van der Waals surface area (Å²) in [4.78, 5) is 31.4. The third kappa shape index (κ3) is 5.33. The lowest BCUT2D eigenvalue weighted by atomic mass is 10.00. The largest absolute Gasteiger partial charge is 0.491 e. The molecule has 35 heavy (non-hydrogen) atoms. The highest BCUT2D eigenvalue weighted by Crippen LogP contribution is 2.27. The van der Waals surface area contributed by atoms with E-state index in [0.717, 1.165) is 19.5 Å². The molecule has 1 saturated heterocycles. The Hall–Kier alpha value is -2.97. The molecule has 8 heteroatoms. The molecule has 1 fully saturated rings. The van der Waals surface area contributed by atoms with Gasteiger partial charge in [-0.3, -0.25) is 14.5 Å². The van der Waals surface area contributed by atoms with Crippen molar-refractivity contribution in [3.63, 3.8) is 0 Å². The van der Waals surface area contributed by atoms with Crippen LogP contribution >= 0.6 is 0 Å². The van der Waals surface area contributed by atoms with Crippen molar-refractivity contribution < 1.29 is 23.8 Å². The van der Waals surface area contributed by atoms with Gasteiger partial charge in [-0.1, -0.05) is 24.3 Å². The van der Waals surface area contributed by atoms with Crippen LogP contribution in [-0.4, -0.2) is 89.8 Å². The summed E-state index contributed by atoms with van der Waals surface area (Å²) >= 11 is 0. The number of carbonyl (C=O) groups excluding carboxylic acids is 2. The summed E-state index contributed by atoms with van der Waals surface area (Å²) in [5.41, 5.74) is 3.41. The number of rotatable bonds is 5. The molecule has 3 aliphatic rings. The van der Waals surface area contributed by atoms with Crippen LogP contribution in [0.3, 0.4) is 0 Å². The monoisotopic (exact) mass is 481 g/mol. The Kier molecular flexibility index (Phi) is 7.02. The number of halogens is 1. The molecule has 3 aliphatic heterocycles. The Labute approximate surface area is 205 Å². The van der Waals surface area contributed by atoms with Gasteiger partial charge in [0.25, 0.3) is 11.8 Å². The number of hydrogen-bond acceptors (Lipinski definition) is 5. The second-order valence-corrected chi connectivity index (χ2v) is 9.71. The number of piperidine rings is 1. The van der Waals surface area contributed by atoms with Gasteiger partial charge >= 0.3 is 0 Å². The molecule has 1 N–H and O–H groups in total. The van der Waals surface area contributed by atoms with Crippen LogP contribution in [-0.2, 0) is 13.0 Å². The molecule has 5 rings (SSSR count). The second-order valence-electron chi connectivity index (χ2n) is 9.71. The van der Waals surface area contributed by atoms with Crippen molar-refractivity contribution >= 4 is 11.8 Å². The van der Waals surface area contributed by atoms with Crippen LogP contribution in [0.4, 0.5) is 4.39 Å². The molecule has 3 heterocycles. The highest BCUT2D eigenvalue weighted by atomic mass is 19.1. The van der Waals surface area contributed by atoms with Gasteiger partial charge in [0, 0.05) is 38.3 Å². The Morgan fingerprint density at radius 1 is 1.11 bits per heavy atom. The minimum absolute atomic E-state index is 0.101. The van der Waals surface area contributed by atoms with E-state index in [0.29, 0.717) is 49.4 Å². The highest BCUT2D eigenvalue weighted by molar-refractivity contribution is 6.00. The van der Waals surface area contributed by atoms with Gasteiger partial charge in [-0.15, -0.1) is 0 Å². The summed E-state index contributed by atoms with van der Waals surface area (Å²) in [6, 6.07) is 13.2. The number of alkyl halides is 1. The molecule has 2 atom stereocenters. The quantitative estimate of drug-likeness (QED) is 0.711. The summed E-state index contributed by atoms with van der Waals surface area (Å²) in [6.45, 7) is 3.64. The number of β-amino-alcohol motifs (C(OH)–C–C–N with tert-alkyl or cyclic N) is 1. The fraction of sp³-hybridized carbons (Fsp3) is 0.481. The number of fused-ring (bicyclic) bond motifs is 2. The number of amides is 2. The second kappa shape index (κ2) is 10.3. The number of benzene rings is 2. The molecule has 2 aromatic carbocycles.